The summed E-state index contributed by atoms with van der Waals surface area (Å²) in [6, 6.07) is 4.69. The second kappa shape index (κ2) is 5.09. The van der Waals surface area contributed by atoms with E-state index in [1.54, 1.807) is 18.2 Å². The number of halogens is 3. The third-order valence-electron chi connectivity index (χ3n) is 4.51. The number of nitrogens with two attached hydrogens (primary N) is 2. The second-order valence-corrected chi connectivity index (χ2v) is 6.49. The van der Waals surface area contributed by atoms with Gasteiger partial charge in [-0.2, -0.15) is 0 Å². The number of amides is 1. The van der Waals surface area contributed by atoms with Gasteiger partial charge in [0.05, 0.1) is 22.8 Å². The molecule has 0 spiro atoms. The lowest BCUT2D eigenvalue weighted by Gasteiger charge is -2.22. The number of hydrogen-bond donors (Lipinski definition) is 2. The Morgan fingerprint density at radius 3 is 2.67 bits per heavy atom. The van der Waals surface area contributed by atoms with Gasteiger partial charge >= 0.3 is 0 Å². The summed E-state index contributed by atoms with van der Waals surface area (Å²) in [5, 5.41) is 0.927. The van der Waals surface area contributed by atoms with Crippen LogP contribution < -0.4 is 11.5 Å². The van der Waals surface area contributed by atoms with Crippen molar-refractivity contribution in [3.63, 3.8) is 0 Å². The standard InChI is InChI=1S/C14H15Cl2FN2O2/c15-8-2-1-6(3-9(8)16)5-21-10-4-7-11(12(10)18)14(7,17)13(19)20/h1-3,7,10-12H,4-5,18H2,(H2,19,20)/t7-,10-,11-,12-,14-/m1/s1. The first-order valence-electron chi connectivity index (χ1n) is 6.65. The molecule has 7 heteroatoms. The largest absolute Gasteiger partial charge is 0.372 e. The van der Waals surface area contributed by atoms with Crippen molar-refractivity contribution in [1.29, 1.82) is 0 Å². The van der Waals surface area contributed by atoms with Crippen LogP contribution in [0.1, 0.15) is 12.0 Å². The van der Waals surface area contributed by atoms with E-state index in [1.807, 2.05) is 0 Å². The van der Waals surface area contributed by atoms with Gasteiger partial charge in [0.1, 0.15) is 0 Å². The maximum absolute atomic E-state index is 14.2. The zero-order valence-electron chi connectivity index (χ0n) is 11.1. The van der Waals surface area contributed by atoms with Gasteiger partial charge < -0.3 is 16.2 Å². The summed E-state index contributed by atoms with van der Waals surface area (Å²) in [7, 11) is 0. The molecule has 1 aromatic carbocycles. The van der Waals surface area contributed by atoms with Gasteiger partial charge in [-0.25, -0.2) is 4.39 Å². The fourth-order valence-corrected chi connectivity index (χ4v) is 3.64. The van der Waals surface area contributed by atoms with Gasteiger partial charge in [0.2, 0.25) is 0 Å². The second-order valence-electron chi connectivity index (χ2n) is 5.68. The van der Waals surface area contributed by atoms with Crippen LogP contribution in [-0.4, -0.2) is 23.7 Å². The minimum absolute atomic E-state index is 0.280. The first-order valence-corrected chi connectivity index (χ1v) is 7.41. The fraction of sp³-hybridized carbons (Fsp3) is 0.500. The molecule has 0 unspecified atom stereocenters. The number of carbonyl (C=O) groups excluding carboxylic acids is 1. The van der Waals surface area contributed by atoms with Gasteiger partial charge in [-0.15, -0.1) is 0 Å². The van der Waals surface area contributed by atoms with Crippen LogP contribution in [0.25, 0.3) is 0 Å². The lowest BCUT2D eigenvalue weighted by atomic mass is 10.0. The van der Waals surface area contributed by atoms with E-state index < -0.39 is 29.5 Å². The van der Waals surface area contributed by atoms with Crippen LogP contribution >= 0.6 is 23.2 Å². The maximum atomic E-state index is 14.2. The normalized spacial score (nSPS) is 37.3. The number of ether oxygens (including phenoxy) is 1. The molecule has 2 aliphatic rings. The van der Waals surface area contributed by atoms with Gasteiger partial charge in [0, 0.05) is 17.9 Å². The van der Waals surface area contributed by atoms with E-state index in [1.165, 1.54) is 0 Å². The number of alkyl halides is 1. The monoisotopic (exact) mass is 332 g/mol. The van der Waals surface area contributed by atoms with Gasteiger partial charge in [-0.3, -0.25) is 4.79 Å². The van der Waals surface area contributed by atoms with E-state index >= 15 is 0 Å². The minimum Gasteiger partial charge on any atom is -0.372 e. The molecule has 2 aliphatic carbocycles. The molecule has 114 valence electrons. The zero-order valence-corrected chi connectivity index (χ0v) is 12.6. The van der Waals surface area contributed by atoms with Crippen LogP contribution in [0.5, 0.6) is 0 Å². The molecule has 3 rings (SSSR count). The number of primary amides is 1. The summed E-state index contributed by atoms with van der Waals surface area (Å²) in [6.07, 6.45) is 0.129. The number of carbonyl (C=O) groups is 1. The Balaban J connectivity index is 1.59. The maximum Gasteiger partial charge on any atom is 0.255 e. The number of benzene rings is 1. The predicted octanol–water partition coefficient (Wildman–Crippen LogP) is 2.05. The molecule has 1 amide bonds. The third-order valence-corrected chi connectivity index (χ3v) is 5.24. The van der Waals surface area contributed by atoms with Crippen LogP contribution in [0.2, 0.25) is 10.0 Å². The van der Waals surface area contributed by atoms with Crippen molar-refractivity contribution in [1.82, 2.24) is 0 Å². The summed E-state index contributed by atoms with van der Waals surface area (Å²) < 4.78 is 19.9. The average Bonchev–Trinajstić information content (AvgIpc) is 2.87. The van der Waals surface area contributed by atoms with Crippen LogP contribution in [-0.2, 0) is 16.1 Å². The number of hydrogen-bond acceptors (Lipinski definition) is 3. The van der Waals surface area contributed by atoms with Crippen molar-refractivity contribution in [2.45, 2.75) is 30.8 Å². The first-order chi connectivity index (χ1) is 9.85. The molecule has 4 N–H and O–H groups in total. The van der Waals surface area contributed by atoms with E-state index in [0.29, 0.717) is 23.1 Å². The van der Waals surface area contributed by atoms with E-state index in [-0.39, 0.29) is 6.10 Å². The van der Waals surface area contributed by atoms with Gasteiger partial charge in [0.25, 0.3) is 5.91 Å². The molecule has 21 heavy (non-hydrogen) atoms. The quantitative estimate of drug-likeness (QED) is 0.885. The number of rotatable bonds is 4. The minimum atomic E-state index is -1.94. The summed E-state index contributed by atoms with van der Waals surface area (Å²) in [5.74, 6) is -1.85. The number of fused-ring (bicyclic) bond motifs is 1. The highest BCUT2D eigenvalue weighted by atomic mass is 35.5. The fourth-order valence-electron chi connectivity index (χ4n) is 3.32. The van der Waals surface area contributed by atoms with Crippen molar-refractivity contribution < 1.29 is 13.9 Å². The Morgan fingerprint density at radius 2 is 2.14 bits per heavy atom. The van der Waals surface area contributed by atoms with Crippen LogP contribution in [0.4, 0.5) is 4.39 Å². The molecule has 1 aromatic rings. The van der Waals surface area contributed by atoms with Crippen molar-refractivity contribution in [3.05, 3.63) is 33.8 Å². The Morgan fingerprint density at radius 1 is 1.43 bits per heavy atom. The summed E-state index contributed by atoms with van der Waals surface area (Å²) in [5.41, 5.74) is 9.98. The molecule has 5 atom stereocenters. The third kappa shape index (κ3) is 2.32. The summed E-state index contributed by atoms with van der Waals surface area (Å²) >= 11 is 11.8. The predicted molar refractivity (Wildman–Crippen MR) is 77.6 cm³/mol. The summed E-state index contributed by atoms with van der Waals surface area (Å²) in [4.78, 5) is 11.1. The van der Waals surface area contributed by atoms with Crippen LogP contribution in [0, 0.1) is 11.8 Å². The highest BCUT2D eigenvalue weighted by molar-refractivity contribution is 6.42. The van der Waals surface area contributed by atoms with Gasteiger partial charge in [0.15, 0.2) is 5.67 Å². The van der Waals surface area contributed by atoms with Crippen molar-refractivity contribution >= 4 is 29.1 Å². The summed E-state index contributed by atoms with van der Waals surface area (Å²) in [6.45, 7) is 0.310. The molecule has 0 radical (unpaired) electrons. The average molecular weight is 333 g/mol. The molecule has 2 saturated carbocycles. The highest BCUT2D eigenvalue weighted by Gasteiger charge is 2.76. The molecule has 0 aliphatic heterocycles. The van der Waals surface area contributed by atoms with Gasteiger partial charge in [-0.05, 0) is 24.1 Å². The van der Waals surface area contributed by atoms with E-state index in [0.717, 1.165) is 5.56 Å². The van der Waals surface area contributed by atoms with Gasteiger partial charge in [-0.1, -0.05) is 29.3 Å². The molecule has 0 aromatic heterocycles. The smallest absolute Gasteiger partial charge is 0.255 e. The van der Waals surface area contributed by atoms with Crippen molar-refractivity contribution in [2.75, 3.05) is 0 Å². The molecule has 0 heterocycles. The topological polar surface area (TPSA) is 78.3 Å². The SMILES string of the molecule is NC(=O)[C@]1(F)[C@H]2[C@H](N)[C@H](OCc3ccc(Cl)c(Cl)c3)C[C@H]21. The van der Waals surface area contributed by atoms with Crippen LogP contribution in [0.3, 0.4) is 0 Å². The Bertz CT molecular complexity index is 600. The van der Waals surface area contributed by atoms with Crippen molar-refractivity contribution in [2.24, 2.45) is 23.3 Å². The molecule has 0 saturated heterocycles. The molecule has 0 bridgehead atoms. The molecule has 4 nitrogen and oxygen atoms in total. The van der Waals surface area contributed by atoms with Crippen molar-refractivity contribution in [3.8, 4) is 0 Å². The van der Waals surface area contributed by atoms with E-state index in [2.05, 4.69) is 0 Å². The Kier molecular flexibility index (Phi) is 3.64. The zero-order chi connectivity index (χ0) is 15.4. The lowest BCUT2D eigenvalue weighted by molar-refractivity contribution is -0.126. The molecule has 2 fully saturated rings. The van der Waals surface area contributed by atoms with Crippen LogP contribution in [0.15, 0.2) is 18.2 Å². The van der Waals surface area contributed by atoms with E-state index in [9.17, 15) is 9.18 Å². The first kappa shape index (κ1) is 15.0. The highest BCUT2D eigenvalue weighted by Crippen LogP contribution is 2.63. The Hall–Kier alpha value is -0.880. The lowest BCUT2D eigenvalue weighted by Crippen LogP contribution is -2.43. The Labute approximate surface area is 131 Å². The molecular weight excluding hydrogens is 318 g/mol. The van der Waals surface area contributed by atoms with E-state index in [4.69, 9.17) is 39.4 Å². The molecular formula is C14H15Cl2FN2O2.